The Balaban J connectivity index is -0.000000425. The molecular weight excluding hydrogens is 1110 g/mol. The topological polar surface area (TPSA) is 384 Å². The van der Waals surface area contributed by atoms with Gasteiger partial charge in [-0.15, -0.1) is 0 Å². The number of rotatable bonds is 12. The number of aliphatic hydroxyl groups excluding tert-OH is 1. The lowest BCUT2D eigenvalue weighted by Crippen LogP contribution is -2.40. The third kappa shape index (κ3) is 41.7. The maximum atomic E-state index is 11.8. The molecule has 10 N–H and O–H groups in total. The molecule has 444 valence electrons. The Morgan fingerprint density at radius 3 is 0.846 bits per heavy atom. The van der Waals surface area contributed by atoms with E-state index in [2.05, 4.69) is 39.8 Å². The molecule has 4 aromatic rings. The van der Waals surface area contributed by atoms with Crippen molar-refractivity contribution < 1.29 is 48.6 Å². The molecule has 0 unspecified atom stereocenters. The van der Waals surface area contributed by atoms with Crippen LogP contribution in [0.4, 0.5) is 22.7 Å². The van der Waals surface area contributed by atoms with Gasteiger partial charge in [0.2, 0.25) is 30.1 Å². The maximum absolute atomic E-state index is 11.8. The number of benzene rings is 4. The van der Waals surface area contributed by atoms with E-state index in [-0.39, 0.29) is 43.1 Å². The largest absolute Gasteiger partial charge is 0.399 e. The van der Waals surface area contributed by atoms with Crippen molar-refractivity contribution in [2.75, 3.05) is 37.7 Å². The highest BCUT2D eigenvalue weighted by Crippen LogP contribution is 2.20. The second-order valence-electron chi connectivity index (χ2n) is 20.2. The van der Waals surface area contributed by atoms with E-state index in [1.807, 2.05) is 20.8 Å². The van der Waals surface area contributed by atoms with Gasteiger partial charge in [0.05, 0.1) is 35.5 Å². The molecule has 78 heavy (non-hydrogen) atoms. The van der Waals surface area contributed by atoms with Crippen molar-refractivity contribution in [3.63, 3.8) is 0 Å². The molecule has 4 aromatic carbocycles. The van der Waals surface area contributed by atoms with E-state index in [1.54, 1.807) is 99.6 Å². The number of hydrogen-bond acceptors (Lipinski definition) is 18. The average Bonchev–Trinajstić information content (AvgIpc) is 3.26. The van der Waals surface area contributed by atoms with Crippen LogP contribution < -0.4 is 31.4 Å². The zero-order valence-corrected chi connectivity index (χ0v) is 52.0. The van der Waals surface area contributed by atoms with Gasteiger partial charge in [0, 0.05) is 82.0 Å². The van der Waals surface area contributed by atoms with Crippen LogP contribution >= 0.6 is 10.7 Å². The van der Waals surface area contributed by atoms with E-state index in [0.717, 1.165) is 36.4 Å². The van der Waals surface area contributed by atoms with Crippen molar-refractivity contribution in [3.8, 4) is 6.07 Å². The van der Waals surface area contributed by atoms with Crippen LogP contribution in [0, 0.1) is 31.6 Å². The van der Waals surface area contributed by atoms with Crippen LogP contribution in [0.1, 0.15) is 118 Å². The lowest BCUT2D eigenvalue weighted by atomic mass is 10.1. The zero-order valence-electron chi connectivity index (χ0n) is 47.9. The summed E-state index contributed by atoms with van der Waals surface area (Å²) >= 11 is 0. The first-order valence-electron chi connectivity index (χ1n) is 23.8. The summed E-state index contributed by atoms with van der Waals surface area (Å²) < 4.78 is 99.9. The van der Waals surface area contributed by atoms with Gasteiger partial charge in [0.25, 0.3) is 20.4 Å². The Morgan fingerprint density at radius 1 is 0.526 bits per heavy atom. The van der Waals surface area contributed by atoms with E-state index < -0.39 is 65.6 Å². The van der Waals surface area contributed by atoms with Crippen molar-refractivity contribution in [1.29, 1.82) is 5.26 Å². The standard InChI is InChI=1S/C10H14N2O4S.2C10H16N2O2S.C6H4ClNO4S.C6H15N.C4H11N.C2H3N.C2H6O/c1-10(2,3)11-17(15,16)9-6-4-8(5-7-9)12(13)14;2*1-10(2,3)12-15(13,14)9-6-4-8(11)5-7-9;7-13(11,12)6-3-1-5(2-4-6)8(9)10;1-4-7(5-2)6-3;1-4(2,3)5;2*1-2-3/h4-7,11H,1-3H3;2*4-7,12H,11H2,1-3H3;1-4H;4-6H2,1-3H3;5H2,1-3H3;1H3;3H,2H2,1H3. The number of nitrogen functional groups attached to an aromatic ring is 2. The third-order valence-corrected chi connectivity index (χ3v) is 14.4. The highest BCUT2D eigenvalue weighted by Gasteiger charge is 2.24. The first-order chi connectivity index (χ1) is 35.1. The van der Waals surface area contributed by atoms with Gasteiger partial charge in [-0.2, -0.15) is 5.26 Å². The van der Waals surface area contributed by atoms with Crippen molar-refractivity contribution in [2.45, 2.75) is 159 Å². The van der Waals surface area contributed by atoms with Crippen LogP contribution in [0.25, 0.3) is 0 Å². The summed E-state index contributed by atoms with van der Waals surface area (Å²) in [7, 11) is -9.32. The van der Waals surface area contributed by atoms with E-state index in [1.165, 1.54) is 63.0 Å². The van der Waals surface area contributed by atoms with Gasteiger partial charge in [-0.25, -0.2) is 47.8 Å². The summed E-state index contributed by atoms with van der Waals surface area (Å²) in [4.78, 5) is 22.1. The van der Waals surface area contributed by atoms with Gasteiger partial charge < -0.3 is 27.2 Å². The van der Waals surface area contributed by atoms with Crippen molar-refractivity contribution in [3.05, 3.63) is 117 Å². The minimum absolute atomic E-state index is 0. The number of nitriles is 1. The molecule has 0 saturated carbocycles. The Labute approximate surface area is 469 Å². The van der Waals surface area contributed by atoms with Crippen molar-refractivity contribution >= 4 is 72.6 Å². The van der Waals surface area contributed by atoms with Gasteiger partial charge in [0.15, 0.2) is 0 Å². The maximum Gasteiger partial charge on any atom is 0.269 e. The van der Waals surface area contributed by atoms with Crippen LogP contribution in [-0.2, 0) is 39.1 Å². The van der Waals surface area contributed by atoms with Crippen molar-refractivity contribution in [2.24, 2.45) is 5.73 Å². The molecule has 0 saturated heterocycles. The number of nitro benzene ring substituents is 2. The fourth-order valence-electron chi connectivity index (χ4n) is 4.83. The molecule has 23 nitrogen and oxygen atoms in total. The summed E-state index contributed by atoms with van der Waals surface area (Å²) in [5.41, 5.74) is 15.5. The molecule has 0 radical (unpaired) electrons. The fourth-order valence-corrected chi connectivity index (χ4v) is 9.85. The second-order valence-corrected chi connectivity index (χ2v) is 27.8. The minimum atomic E-state index is -3.80. The van der Waals surface area contributed by atoms with E-state index in [0.29, 0.717) is 11.4 Å². The van der Waals surface area contributed by atoms with Gasteiger partial charge >= 0.3 is 0 Å². The molecule has 0 atom stereocenters. The molecule has 0 aromatic heterocycles. The number of nitrogens with one attached hydrogen (secondary N) is 3. The normalized spacial score (nSPS) is 11.5. The number of hydrogen-bond donors (Lipinski definition) is 7. The lowest BCUT2D eigenvalue weighted by Gasteiger charge is -2.20. The molecule has 0 bridgehead atoms. The highest BCUT2D eigenvalue weighted by atomic mass is 35.7. The van der Waals surface area contributed by atoms with Gasteiger partial charge in [-0.1, -0.05) is 20.8 Å². The molecule has 0 fully saturated rings. The third-order valence-electron chi connectivity index (χ3n) is 7.73. The summed E-state index contributed by atoms with van der Waals surface area (Å²) in [5.74, 6) is 0. The van der Waals surface area contributed by atoms with E-state index in [9.17, 15) is 53.9 Å². The van der Waals surface area contributed by atoms with E-state index >= 15 is 0 Å². The number of nitrogens with two attached hydrogens (primary N) is 3. The number of nitrogens with zero attached hydrogens (tertiary/aromatic N) is 4. The number of nitro groups is 2. The van der Waals surface area contributed by atoms with Crippen LogP contribution in [0.5, 0.6) is 0 Å². The smallest absolute Gasteiger partial charge is 0.269 e. The Bertz CT molecular complexity index is 2760. The lowest BCUT2D eigenvalue weighted by molar-refractivity contribution is -0.385. The number of non-ortho nitro benzene ring substituents is 2. The first-order valence-corrected chi connectivity index (χ1v) is 30.6. The Morgan fingerprint density at radius 2 is 0.705 bits per heavy atom. The molecule has 4 rings (SSSR count). The molecule has 0 amide bonds. The number of halogens is 1. The first kappa shape index (κ1) is 79.1. The number of aliphatic hydroxyl groups is 1. The molecule has 28 heteroatoms. The quantitative estimate of drug-likeness (QED) is 0.0302. The molecule has 0 heterocycles. The summed E-state index contributed by atoms with van der Waals surface area (Å²) in [5, 5.41) is 35.5. The van der Waals surface area contributed by atoms with Crippen LogP contribution in [0.2, 0.25) is 0 Å². The average molecular weight is 1200 g/mol. The monoisotopic (exact) mass is 1200 g/mol. The highest BCUT2D eigenvalue weighted by molar-refractivity contribution is 8.13. The predicted molar refractivity (Wildman–Crippen MR) is 313 cm³/mol. The van der Waals surface area contributed by atoms with Gasteiger partial charge in [0.1, 0.15) is 0 Å². The van der Waals surface area contributed by atoms with Crippen molar-refractivity contribution in [1.82, 2.24) is 19.1 Å². The van der Waals surface area contributed by atoms with Gasteiger partial charge in [-0.3, -0.25) is 20.2 Å². The molecule has 0 aliphatic carbocycles. The van der Waals surface area contributed by atoms with Crippen LogP contribution in [-0.4, -0.2) is 102 Å². The molecular formula is C50H85ClN10O13S4. The van der Waals surface area contributed by atoms with E-state index in [4.69, 9.17) is 38.3 Å². The predicted octanol–water partition coefficient (Wildman–Crippen LogP) is 8.51. The van der Waals surface area contributed by atoms with Crippen LogP contribution in [0.15, 0.2) is 117 Å². The number of anilines is 2. The molecule has 0 aliphatic rings. The molecule has 0 aliphatic heterocycles. The Hall–Kier alpha value is -5.38. The van der Waals surface area contributed by atoms with Gasteiger partial charge in [-0.05, 0) is 182 Å². The minimum Gasteiger partial charge on any atom is -0.399 e. The SMILES string of the molecule is CC#N.CC(C)(C)N.CC(C)(C)NS(=O)(=O)c1ccc(N)cc1.CC(C)(C)NS(=O)(=O)c1ccc(N)cc1.CC(C)(C)NS(=O)(=O)c1ccc([N+](=O)[O-])cc1.CCN(CC)CC.CCO.O=[N+]([O-])c1ccc(S(=O)(=O)Cl)cc1. The second kappa shape index (κ2) is 36.0. The fraction of sp³-hybridized carbons (Fsp3) is 0.500. The Kier molecular flexibility index (Phi) is 36.5. The van der Waals surface area contributed by atoms with Crippen LogP contribution in [0.3, 0.4) is 0 Å². The summed E-state index contributed by atoms with van der Waals surface area (Å²) in [6, 6.07) is 23.1. The zero-order chi connectivity index (χ0) is 62.3. The molecule has 0 spiro atoms. The summed E-state index contributed by atoms with van der Waals surface area (Å²) in [6.45, 7) is 35.3. The summed E-state index contributed by atoms with van der Waals surface area (Å²) in [6.07, 6.45) is 0. The number of sulfonamides is 3.